The highest BCUT2D eigenvalue weighted by Crippen LogP contribution is 2.25. The molecule has 0 fully saturated rings. The van der Waals surface area contributed by atoms with E-state index in [2.05, 4.69) is 16.7 Å². The van der Waals surface area contributed by atoms with Gasteiger partial charge >= 0.3 is 5.97 Å². The second kappa shape index (κ2) is 10.8. The summed E-state index contributed by atoms with van der Waals surface area (Å²) in [7, 11) is 0. The second-order valence-corrected chi connectivity index (χ2v) is 8.21. The van der Waals surface area contributed by atoms with Gasteiger partial charge in [0.2, 0.25) is 5.82 Å². The molecule has 0 aliphatic rings. The molecule has 5 aromatic rings. The number of aromatic nitrogens is 2. The van der Waals surface area contributed by atoms with Gasteiger partial charge in [0.15, 0.2) is 12.0 Å². The Morgan fingerprint density at radius 3 is 2.67 bits per heavy atom. The largest absolute Gasteiger partial charge is 0.485 e. The number of benzene rings is 3. The van der Waals surface area contributed by atoms with Crippen molar-refractivity contribution in [3.63, 3.8) is 0 Å². The number of rotatable bonds is 9. The number of nitrogens with zero attached hydrogens (tertiary/aromatic N) is 3. The van der Waals surface area contributed by atoms with Crippen molar-refractivity contribution < 1.29 is 28.1 Å². The Bertz CT molecular complexity index is 1760. The lowest BCUT2D eigenvalue weighted by atomic mass is 10.1. The van der Waals surface area contributed by atoms with E-state index in [4.69, 9.17) is 18.4 Å². The summed E-state index contributed by atoms with van der Waals surface area (Å²) in [4.78, 5) is 39.8. The predicted molar refractivity (Wildman–Crippen MR) is 139 cm³/mol. The Hall–Kier alpha value is -5.58. The molecule has 5 rings (SSSR count). The molecule has 39 heavy (non-hydrogen) atoms. The number of fused-ring (bicyclic) bond motifs is 1. The van der Waals surface area contributed by atoms with Crippen LogP contribution in [0.4, 0.5) is 5.69 Å². The van der Waals surface area contributed by atoms with Gasteiger partial charge in [0.05, 0.1) is 21.4 Å². The van der Waals surface area contributed by atoms with E-state index in [1.807, 2.05) is 0 Å². The third kappa shape index (κ3) is 5.42. The summed E-state index contributed by atoms with van der Waals surface area (Å²) in [6, 6.07) is 17.0. The molecule has 11 heteroatoms. The molecular weight excluding hydrogens is 506 g/mol. The van der Waals surface area contributed by atoms with Crippen molar-refractivity contribution >= 4 is 22.6 Å². The molecule has 0 aliphatic carbocycles. The van der Waals surface area contributed by atoms with Crippen LogP contribution in [0, 0.1) is 10.1 Å². The molecule has 0 radical (unpaired) electrons. The average Bonchev–Trinajstić information content (AvgIpc) is 3.44. The van der Waals surface area contributed by atoms with Crippen LogP contribution in [-0.4, -0.2) is 27.6 Å². The molecule has 3 aromatic carbocycles. The summed E-state index contributed by atoms with van der Waals surface area (Å²) in [6.07, 6.45) is 2.79. The summed E-state index contributed by atoms with van der Waals surface area (Å²) in [6.45, 7) is 3.59. The number of carbonyl (C=O) groups is 1. The van der Waals surface area contributed by atoms with E-state index in [1.54, 1.807) is 42.5 Å². The Labute approximate surface area is 220 Å². The van der Waals surface area contributed by atoms with Gasteiger partial charge in [-0.3, -0.25) is 14.9 Å². The second-order valence-electron chi connectivity index (χ2n) is 8.21. The number of nitro benzene ring substituents is 1. The molecule has 11 nitrogen and oxygen atoms in total. The van der Waals surface area contributed by atoms with Gasteiger partial charge in [-0.1, -0.05) is 23.9 Å². The molecule has 0 bridgehead atoms. The predicted octanol–water partition coefficient (Wildman–Crippen LogP) is 5.34. The maximum Gasteiger partial charge on any atom is 0.338 e. The van der Waals surface area contributed by atoms with Crippen LogP contribution in [0.25, 0.3) is 33.6 Å². The molecule has 0 saturated heterocycles. The average molecular weight is 525 g/mol. The molecule has 0 spiro atoms. The van der Waals surface area contributed by atoms with Gasteiger partial charge in [-0.2, -0.15) is 4.98 Å². The Morgan fingerprint density at radius 2 is 1.90 bits per heavy atom. The highest BCUT2D eigenvalue weighted by Gasteiger charge is 2.15. The minimum atomic E-state index is -0.508. The van der Waals surface area contributed by atoms with Crippen LogP contribution in [0.2, 0.25) is 0 Å². The third-order valence-electron chi connectivity index (χ3n) is 5.65. The Balaban J connectivity index is 1.29. The maximum atomic E-state index is 13.0. The van der Waals surface area contributed by atoms with Crippen LogP contribution >= 0.6 is 0 Å². The minimum absolute atomic E-state index is 0.0266. The fourth-order valence-corrected chi connectivity index (χ4v) is 3.74. The third-order valence-corrected chi connectivity index (χ3v) is 5.65. The van der Waals surface area contributed by atoms with Gasteiger partial charge in [-0.05, 0) is 48.0 Å². The van der Waals surface area contributed by atoms with Crippen molar-refractivity contribution in [3.8, 4) is 28.3 Å². The first-order valence-electron chi connectivity index (χ1n) is 11.6. The van der Waals surface area contributed by atoms with Gasteiger partial charge in [0.1, 0.15) is 24.2 Å². The number of non-ortho nitro benzene ring substituents is 1. The van der Waals surface area contributed by atoms with Gasteiger partial charge in [-0.25, -0.2) is 4.79 Å². The Kier molecular flexibility index (Phi) is 6.95. The van der Waals surface area contributed by atoms with Crippen LogP contribution in [0.1, 0.15) is 16.2 Å². The summed E-state index contributed by atoms with van der Waals surface area (Å²) in [5.74, 6) is 0.379. The van der Waals surface area contributed by atoms with Crippen LogP contribution in [0.5, 0.6) is 5.75 Å². The lowest BCUT2D eigenvalue weighted by Gasteiger charge is -2.06. The van der Waals surface area contributed by atoms with Gasteiger partial charge in [0.25, 0.3) is 11.6 Å². The summed E-state index contributed by atoms with van der Waals surface area (Å²) in [5, 5.41) is 15.1. The molecule has 2 aromatic heterocycles. The zero-order valence-electron chi connectivity index (χ0n) is 20.2. The van der Waals surface area contributed by atoms with E-state index < -0.39 is 10.9 Å². The topological polar surface area (TPSA) is 148 Å². The maximum absolute atomic E-state index is 13.0. The van der Waals surface area contributed by atoms with E-state index in [-0.39, 0.29) is 41.6 Å². The van der Waals surface area contributed by atoms with E-state index >= 15 is 0 Å². The van der Waals surface area contributed by atoms with E-state index in [9.17, 15) is 19.7 Å². The van der Waals surface area contributed by atoms with Crippen molar-refractivity contribution in [2.24, 2.45) is 0 Å². The summed E-state index contributed by atoms with van der Waals surface area (Å²) in [5.41, 5.74) is 1.61. The summed E-state index contributed by atoms with van der Waals surface area (Å²) >= 11 is 0. The number of nitro groups is 1. The molecule has 0 N–H and O–H groups in total. The highest BCUT2D eigenvalue weighted by atomic mass is 16.6. The fraction of sp³-hybridized carbons (Fsp3) is 0.0714. The highest BCUT2D eigenvalue weighted by molar-refractivity contribution is 5.90. The van der Waals surface area contributed by atoms with Crippen LogP contribution in [0.15, 0.2) is 99.4 Å². The zero-order chi connectivity index (χ0) is 27.4. The van der Waals surface area contributed by atoms with Crippen molar-refractivity contribution in [3.05, 3.63) is 117 Å². The molecular formula is C28H19N3O8. The van der Waals surface area contributed by atoms with Crippen molar-refractivity contribution in [2.75, 3.05) is 6.61 Å². The van der Waals surface area contributed by atoms with E-state index in [0.717, 1.165) is 0 Å². The lowest BCUT2D eigenvalue weighted by molar-refractivity contribution is -0.384. The number of hydrogen-bond donors (Lipinski definition) is 0. The number of hydrogen-bond acceptors (Lipinski definition) is 10. The first-order valence-corrected chi connectivity index (χ1v) is 11.6. The quantitative estimate of drug-likeness (QED) is 0.107. The number of esters is 1. The SMILES string of the molecule is C=CCOC(=O)c1cccc(-c2nc(COc3ccc4c(=O)c(-c5ccc([N+](=O)[O-])cc5)coc4c3)no2)c1. The molecule has 2 heterocycles. The van der Waals surface area contributed by atoms with Crippen molar-refractivity contribution in [1.82, 2.24) is 10.1 Å². The summed E-state index contributed by atoms with van der Waals surface area (Å²) < 4.78 is 21.8. The lowest BCUT2D eigenvalue weighted by Crippen LogP contribution is -2.05. The van der Waals surface area contributed by atoms with Gasteiger partial charge in [0, 0.05) is 23.8 Å². The van der Waals surface area contributed by atoms with Gasteiger partial charge < -0.3 is 18.4 Å². The Morgan fingerprint density at radius 1 is 1.08 bits per heavy atom. The molecule has 0 amide bonds. The molecule has 0 unspecified atom stereocenters. The smallest absolute Gasteiger partial charge is 0.338 e. The molecule has 0 saturated carbocycles. The zero-order valence-corrected chi connectivity index (χ0v) is 20.2. The standard InChI is InChI=1S/C28H19N3O8/c1-2-12-36-28(33)19-5-3-4-18(13-19)27-29-25(30-39-27)16-37-21-10-11-22-24(14-21)38-15-23(26(22)32)17-6-8-20(9-7-17)31(34)35/h2-11,13-15H,1,12,16H2. The van der Waals surface area contributed by atoms with Crippen LogP contribution < -0.4 is 10.2 Å². The minimum Gasteiger partial charge on any atom is -0.485 e. The van der Waals surface area contributed by atoms with Crippen molar-refractivity contribution in [2.45, 2.75) is 6.61 Å². The normalized spacial score (nSPS) is 10.8. The number of carbonyl (C=O) groups excluding carboxylic acids is 1. The monoisotopic (exact) mass is 525 g/mol. The number of ether oxygens (including phenoxy) is 2. The molecule has 0 atom stereocenters. The van der Waals surface area contributed by atoms with Crippen molar-refractivity contribution in [1.29, 1.82) is 0 Å². The first kappa shape index (κ1) is 25.1. The first-order chi connectivity index (χ1) is 18.9. The van der Waals surface area contributed by atoms with E-state index in [1.165, 1.54) is 36.6 Å². The molecule has 0 aliphatic heterocycles. The van der Waals surface area contributed by atoms with E-state index in [0.29, 0.717) is 33.4 Å². The molecule has 194 valence electrons. The van der Waals surface area contributed by atoms with Crippen LogP contribution in [-0.2, 0) is 11.3 Å². The van der Waals surface area contributed by atoms with Gasteiger partial charge in [-0.15, -0.1) is 0 Å². The fourth-order valence-electron chi connectivity index (χ4n) is 3.74. The van der Waals surface area contributed by atoms with Crippen LogP contribution in [0.3, 0.4) is 0 Å².